The van der Waals surface area contributed by atoms with Crippen LogP contribution in [0.2, 0.25) is 10.0 Å². The number of carbonyl (C=O) groups is 1. The maximum atomic E-state index is 11.5. The summed E-state index contributed by atoms with van der Waals surface area (Å²) in [6, 6.07) is 5.34. The van der Waals surface area contributed by atoms with Crippen molar-refractivity contribution < 1.29 is 9.53 Å². The Bertz CT molecular complexity index is 456. The molecule has 0 aliphatic carbocycles. The number of carbonyl (C=O) groups excluding carboxylic acids is 1. The minimum absolute atomic E-state index is 0.0858. The number of hydrogen-bond donors (Lipinski definition) is 1. The molecule has 0 spiro atoms. The number of hydrogen-bond acceptors (Lipinski definition) is 4. The zero-order chi connectivity index (χ0) is 13.1. The van der Waals surface area contributed by atoms with Crippen molar-refractivity contribution in [1.82, 2.24) is 5.32 Å². The summed E-state index contributed by atoms with van der Waals surface area (Å²) < 4.78 is 4.75. The molecule has 2 atom stereocenters. The molecule has 18 heavy (non-hydrogen) atoms. The average molecular weight is 306 g/mol. The largest absolute Gasteiger partial charge is 0.468 e. The highest BCUT2D eigenvalue weighted by Gasteiger charge is 2.28. The molecule has 98 valence electrons. The zero-order valence-electron chi connectivity index (χ0n) is 9.78. The first kappa shape index (κ1) is 14.0. The lowest BCUT2D eigenvalue weighted by Crippen LogP contribution is -2.45. The lowest BCUT2D eigenvalue weighted by molar-refractivity contribution is -0.142. The third kappa shape index (κ3) is 3.12. The highest BCUT2D eigenvalue weighted by molar-refractivity contribution is 7.99. The van der Waals surface area contributed by atoms with Gasteiger partial charge >= 0.3 is 5.97 Å². The minimum Gasteiger partial charge on any atom is -0.468 e. The molecule has 0 bridgehead atoms. The van der Waals surface area contributed by atoms with Crippen LogP contribution >= 0.6 is 35.0 Å². The Kier molecular flexibility index (Phi) is 4.78. The number of esters is 1. The van der Waals surface area contributed by atoms with Crippen molar-refractivity contribution in [3.8, 4) is 0 Å². The third-order valence-corrected chi connectivity index (χ3v) is 4.68. The van der Waals surface area contributed by atoms with E-state index in [2.05, 4.69) is 5.32 Å². The Labute approximate surface area is 120 Å². The molecular formula is C12H13Cl2NO2S. The number of nitrogens with one attached hydrogen (secondary N) is 1. The van der Waals surface area contributed by atoms with Crippen LogP contribution in [0.15, 0.2) is 18.2 Å². The van der Waals surface area contributed by atoms with Gasteiger partial charge < -0.3 is 4.74 Å². The number of ether oxygens (including phenoxy) is 1. The van der Waals surface area contributed by atoms with E-state index in [-0.39, 0.29) is 18.1 Å². The number of halogens is 2. The number of methoxy groups -OCH3 is 1. The van der Waals surface area contributed by atoms with Gasteiger partial charge in [0, 0.05) is 17.5 Å². The van der Waals surface area contributed by atoms with Crippen LogP contribution in [0, 0.1) is 0 Å². The minimum atomic E-state index is -0.270. The fourth-order valence-corrected chi connectivity index (χ4v) is 3.28. The van der Waals surface area contributed by atoms with Crippen LogP contribution in [0.1, 0.15) is 11.6 Å². The molecule has 1 aromatic rings. The summed E-state index contributed by atoms with van der Waals surface area (Å²) in [5.41, 5.74) is 1.03. The van der Waals surface area contributed by atoms with E-state index in [4.69, 9.17) is 27.9 Å². The Morgan fingerprint density at radius 1 is 1.39 bits per heavy atom. The normalized spacial score (nSPS) is 23.7. The number of rotatable bonds is 2. The summed E-state index contributed by atoms with van der Waals surface area (Å²) in [6.07, 6.45) is 0. The van der Waals surface area contributed by atoms with Crippen LogP contribution in [-0.4, -0.2) is 30.6 Å². The topological polar surface area (TPSA) is 38.3 Å². The lowest BCUT2D eigenvalue weighted by Gasteiger charge is -2.29. The zero-order valence-corrected chi connectivity index (χ0v) is 12.1. The summed E-state index contributed by atoms with van der Waals surface area (Å²) in [5.74, 6) is 1.39. The van der Waals surface area contributed by atoms with Gasteiger partial charge in [-0.1, -0.05) is 29.3 Å². The van der Waals surface area contributed by atoms with Crippen LogP contribution in [0.3, 0.4) is 0 Å². The molecular weight excluding hydrogens is 293 g/mol. The predicted molar refractivity (Wildman–Crippen MR) is 75.5 cm³/mol. The van der Waals surface area contributed by atoms with Gasteiger partial charge in [-0.3, -0.25) is 10.1 Å². The van der Waals surface area contributed by atoms with Crippen LogP contribution in [0.5, 0.6) is 0 Å². The van der Waals surface area contributed by atoms with Gasteiger partial charge in [0.2, 0.25) is 0 Å². The Balaban J connectivity index is 2.13. The summed E-state index contributed by atoms with van der Waals surface area (Å²) in [5, 5.41) is 4.33. The average Bonchev–Trinajstić information content (AvgIpc) is 2.41. The predicted octanol–water partition coefficient (Wildman–Crippen LogP) is 2.91. The SMILES string of the molecule is COC(=O)C1CSCC(c2ccc(Cl)c(Cl)c2)N1. The number of benzene rings is 1. The first-order valence-electron chi connectivity index (χ1n) is 5.48. The van der Waals surface area contributed by atoms with E-state index in [1.54, 1.807) is 17.8 Å². The molecule has 2 unspecified atom stereocenters. The van der Waals surface area contributed by atoms with Crippen LogP contribution in [0.4, 0.5) is 0 Å². The molecule has 1 saturated heterocycles. The number of thioether (sulfide) groups is 1. The summed E-state index contributed by atoms with van der Waals surface area (Å²) in [6.45, 7) is 0. The molecule has 6 heteroatoms. The Hall–Kier alpha value is -0.420. The van der Waals surface area contributed by atoms with E-state index >= 15 is 0 Å². The lowest BCUT2D eigenvalue weighted by atomic mass is 10.1. The second kappa shape index (κ2) is 6.15. The van der Waals surface area contributed by atoms with E-state index in [0.29, 0.717) is 10.0 Å². The van der Waals surface area contributed by atoms with Crippen molar-refractivity contribution in [1.29, 1.82) is 0 Å². The van der Waals surface area contributed by atoms with Gasteiger partial charge in [0.1, 0.15) is 6.04 Å². The summed E-state index contributed by atoms with van der Waals surface area (Å²) >= 11 is 13.6. The molecule has 0 radical (unpaired) electrons. The van der Waals surface area contributed by atoms with Gasteiger partial charge in [-0.15, -0.1) is 0 Å². The monoisotopic (exact) mass is 305 g/mol. The van der Waals surface area contributed by atoms with Gasteiger partial charge in [-0.05, 0) is 17.7 Å². The second-order valence-electron chi connectivity index (χ2n) is 4.01. The van der Waals surface area contributed by atoms with E-state index in [9.17, 15) is 4.79 Å². The quantitative estimate of drug-likeness (QED) is 0.853. The van der Waals surface area contributed by atoms with Crippen LogP contribution < -0.4 is 5.32 Å². The van der Waals surface area contributed by atoms with Crippen molar-refractivity contribution in [2.24, 2.45) is 0 Å². The maximum absolute atomic E-state index is 11.5. The fourth-order valence-electron chi connectivity index (χ4n) is 1.84. The van der Waals surface area contributed by atoms with Crippen molar-refractivity contribution >= 4 is 40.9 Å². The van der Waals surface area contributed by atoms with Gasteiger partial charge in [-0.25, -0.2) is 0 Å². The molecule has 1 N–H and O–H groups in total. The van der Waals surface area contributed by atoms with Crippen molar-refractivity contribution in [2.75, 3.05) is 18.6 Å². The van der Waals surface area contributed by atoms with Crippen LogP contribution in [0.25, 0.3) is 0 Å². The maximum Gasteiger partial charge on any atom is 0.323 e. The molecule has 0 aromatic heterocycles. The highest BCUT2D eigenvalue weighted by Crippen LogP contribution is 2.29. The van der Waals surface area contributed by atoms with Gasteiger partial charge in [0.15, 0.2) is 0 Å². The first-order valence-corrected chi connectivity index (χ1v) is 7.39. The summed E-state index contributed by atoms with van der Waals surface area (Å²) in [4.78, 5) is 11.5. The highest BCUT2D eigenvalue weighted by atomic mass is 35.5. The van der Waals surface area contributed by atoms with Gasteiger partial charge in [0.25, 0.3) is 0 Å². The summed E-state index contributed by atoms with van der Waals surface area (Å²) in [7, 11) is 1.40. The van der Waals surface area contributed by atoms with E-state index in [0.717, 1.165) is 17.1 Å². The van der Waals surface area contributed by atoms with Crippen molar-refractivity contribution in [3.63, 3.8) is 0 Å². The molecule has 0 amide bonds. The van der Waals surface area contributed by atoms with Gasteiger partial charge in [-0.2, -0.15) is 11.8 Å². The van der Waals surface area contributed by atoms with Crippen molar-refractivity contribution in [3.05, 3.63) is 33.8 Å². The molecule has 1 aliphatic rings. The molecule has 1 fully saturated rings. The fraction of sp³-hybridized carbons (Fsp3) is 0.417. The molecule has 1 heterocycles. The Morgan fingerprint density at radius 3 is 2.83 bits per heavy atom. The smallest absolute Gasteiger partial charge is 0.323 e. The second-order valence-corrected chi connectivity index (χ2v) is 5.90. The van der Waals surface area contributed by atoms with Crippen molar-refractivity contribution in [2.45, 2.75) is 12.1 Å². The van der Waals surface area contributed by atoms with E-state index in [1.807, 2.05) is 12.1 Å². The first-order chi connectivity index (χ1) is 8.61. The van der Waals surface area contributed by atoms with E-state index in [1.165, 1.54) is 7.11 Å². The van der Waals surface area contributed by atoms with Crippen LogP contribution in [-0.2, 0) is 9.53 Å². The standard InChI is InChI=1S/C12H13Cl2NO2S/c1-17-12(16)11-6-18-5-10(15-11)7-2-3-8(13)9(14)4-7/h2-4,10-11,15H,5-6H2,1H3. The van der Waals surface area contributed by atoms with Gasteiger partial charge in [0.05, 0.1) is 17.2 Å². The molecule has 2 rings (SSSR count). The molecule has 3 nitrogen and oxygen atoms in total. The molecule has 0 saturated carbocycles. The third-order valence-electron chi connectivity index (χ3n) is 2.80. The Morgan fingerprint density at radius 2 is 2.17 bits per heavy atom. The molecule has 1 aromatic carbocycles. The van der Waals surface area contributed by atoms with E-state index < -0.39 is 0 Å². The molecule has 1 aliphatic heterocycles.